The van der Waals surface area contributed by atoms with Crippen LogP contribution in [0.1, 0.15) is 102 Å². The molecule has 3 saturated carbocycles. The van der Waals surface area contributed by atoms with E-state index in [9.17, 15) is 0 Å². The van der Waals surface area contributed by atoms with E-state index in [1.165, 1.54) is 41.8 Å². The second kappa shape index (κ2) is 12.7. The quantitative estimate of drug-likeness (QED) is 0.310. The maximum absolute atomic E-state index is 2.48. The Morgan fingerprint density at radius 3 is 1.26 bits per heavy atom. The maximum atomic E-state index is 2.48. The summed E-state index contributed by atoms with van der Waals surface area (Å²) < 4.78 is 2.01. The number of rotatable bonds is 4. The average molecular weight is 472 g/mol. The van der Waals surface area contributed by atoms with Crippen LogP contribution in [-0.4, -0.2) is 21.6 Å². The van der Waals surface area contributed by atoms with Crippen LogP contribution in [0.4, 0.5) is 0 Å². The molecule has 0 aromatic heterocycles. The van der Waals surface area contributed by atoms with Crippen LogP contribution in [0.5, 0.6) is 0 Å². The van der Waals surface area contributed by atoms with Crippen molar-refractivity contribution < 1.29 is 17.9 Å². The first-order valence-corrected chi connectivity index (χ1v) is 14.2. The molecule has 0 spiro atoms. The van der Waals surface area contributed by atoms with Crippen molar-refractivity contribution in [2.24, 2.45) is 0 Å². The van der Waals surface area contributed by atoms with Gasteiger partial charge in [-0.3, -0.25) is 0 Å². The molecule has 2 heteroatoms. The van der Waals surface area contributed by atoms with E-state index in [0.29, 0.717) is 7.92 Å². The summed E-state index contributed by atoms with van der Waals surface area (Å²) in [5, 5.41) is 0. The third-order valence-corrected chi connectivity index (χ3v) is 11.6. The Morgan fingerprint density at radius 2 is 0.963 bits per heavy atom. The zero-order chi connectivity index (χ0) is 18.7. The van der Waals surface area contributed by atoms with E-state index >= 15 is 0 Å². The van der Waals surface area contributed by atoms with Gasteiger partial charge < -0.3 is 0 Å². The summed E-state index contributed by atoms with van der Waals surface area (Å²) in [4.78, 5) is 0. The van der Waals surface area contributed by atoms with Gasteiger partial charge in [-0.15, -0.1) is 0 Å². The van der Waals surface area contributed by atoms with Crippen LogP contribution in [0.2, 0.25) is 0 Å². The van der Waals surface area contributed by atoms with Gasteiger partial charge in [-0.1, -0.05) is 65.7 Å². The third kappa shape index (κ3) is 7.16. The SMILES string of the molecule is C1CCC(P(C2CCCCC2)C2CCCCC2)CC1.[Ru]=[CH]c1ccccc1. The molecule has 152 valence electrons. The molecule has 3 aliphatic carbocycles. The minimum atomic E-state index is 0.385. The van der Waals surface area contributed by atoms with Crippen molar-refractivity contribution in [3.63, 3.8) is 0 Å². The predicted molar refractivity (Wildman–Crippen MR) is 119 cm³/mol. The van der Waals surface area contributed by atoms with Gasteiger partial charge in [0.25, 0.3) is 0 Å². The molecule has 3 fully saturated rings. The van der Waals surface area contributed by atoms with E-state index in [1.54, 1.807) is 77.0 Å². The first-order valence-electron chi connectivity index (χ1n) is 11.6. The van der Waals surface area contributed by atoms with Crippen molar-refractivity contribution in [2.45, 2.75) is 113 Å². The first kappa shape index (κ1) is 21.8. The van der Waals surface area contributed by atoms with Gasteiger partial charge in [0.1, 0.15) is 0 Å². The van der Waals surface area contributed by atoms with Crippen LogP contribution in [0.25, 0.3) is 0 Å². The molecule has 0 saturated heterocycles. The zero-order valence-corrected chi connectivity index (χ0v) is 19.7. The van der Waals surface area contributed by atoms with Crippen molar-refractivity contribution >= 4 is 12.5 Å². The second-order valence-corrected chi connectivity index (χ2v) is 12.4. The predicted octanol–water partition coefficient (Wildman–Crippen LogP) is 7.85. The topological polar surface area (TPSA) is 0 Å². The normalized spacial score (nSPS) is 22.9. The summed E-state index contributed by atoms with van der Waals surface area (Å²) in [6.07, 6.45) is 23.6. The number of benzene rings is 1. The van der Waals surface area contributed by atoms with Gasteiger partial charge in [-0.2, -0.15) is 0 Å². The van der Waals surface area contributed by atoms with E-state index in [2.05, 4.69) is 30.0 Å². The summed E-state index contributed by atoms with van der Waals surface area (Å²) in [6, 6.07) is 10.2. The molecule has 0 nitrogen and oxygen atoms in total. The Bertz CT molecular complexity index is 468. The monoisotopic (exact) mass is 472 g/mol. The van der Waals surface area contributed by atoms with Crippen LogP contribution < -0.4 is 0 Å². The summed E-state index contributed by atoms with van der Waals surface area (Å²) in [5.41, 5.74) is 4.82. The first-order chi connectivity index (χ1) is 13.4. The molecule has 4 rings (SSSR count). The van der Waals surface area contributed by atoms with Crippen molar-refractivity contribution in [3.8, 4) is 0 Å². The molecule has 0 unspecified atom stereocenters. The Balaban J connectivity index is 0.000000221. The van der Waals surface area contributed by atoms with E-state index in [1.807, 2.05) is 22.8 Å². The molecule has 0 amide bonds. The summed E-state index contributed by atoms with van der Waals surface area (Å²) in [5.74, 6) is 0. The van der Waals surface area contributed by atoms with Crippen molar-refractivity contribution in [2.75, 3.05) is 0 Å². The molecule has 0 radical (unpaired) electrons. The van der Waals surface area contributed by atoms with Crippen molar-refractivity contribution in [1.29, 1.82) is 0 Å². The van der Waals surface area contributed by atoms with Gasteiger partial charge in [0.05, 0.1) is 0 Å². The zero-order valence-electron chi connectivity index (χ0n) is 17.1. The van der Waals surface area contributed by atoms with E-state index in [0.717, 1.165) is 0 Å². The van der Waals surface area contributed by atoms with E-state index < -0.39 is 0 Å². The van der Waals surface area contributed by atoms with Crippen LogP contribution in [0.15, 0.2) is 30.3 Å². The van der Waals surface area contributed by atoms with Crippen molar-refractivity contribution in [3.05, 3.63) is 35.9 Å². The van der Waals surface area contributed by atoms with Crippen LogP contribution in [0, 0.1) is 0 Å². The van der Waals surface area contributed by atoms with Crippen LogP contribution in [-0.2, 0) is 17.9 Å². The van der Waals surface area contributed by atoms with E-state index in [4.69, 9.17) is 0 Å². The van der Waals surface area contributed by atoms with Gasteiger partial charge in [-0.25, -0.2) is 0 Å². The molecule has 3 aliphatic rings. The Kier molecular flexibility index (Phi) is 10.2. The Hall–Kier alpha value is 0.143. The number of hydrogen-bond donors (Lipinski definition) is 0. The summed E-state index contributed by atoms with van der Waals surface area (Å²) >= 11 is 2.48. The molecule has 0 bridgehead atoms. The Labute approximate surface area is 179 Å². The molecule has 0 N–H and O–H groups in total. The van der Waals surface area contributed by atoms with Gasteiger partial charge >= 0.3 is 58.4 Å². The van der Waals surface area contributed by atoms with Gasteiger partial charge in [0.15, 0.2) is 0 Å². The fourth-order valence-electron chi connectivity index (χ4n) is 5.55. The average Bonchev–Trinajstić information content (AvgIpc) is 2.77. The Morgan fingerprint density at radius 1 is 0.593 bits per heavy atom. The molecule has 0 atom stereocenters. The minimum absolute atomic E-state index is 0.385. The fraction of sp³-hybridized carbons (Fsp3) is 0.720. The fourth-order valence-corrected chi connectivity index (χ4v) is 10.6. The third-order valence-electron chi connectivity index (χ3n) is 6.91. The second-order valence-electron chi connectivity index (χ2n) is 8.84. The van der Waals surface area contributed by atoms with E-state index in [-0.39, 0.29) is 0 Å². The van der Waals surface area contributed by atoms with Gasteiger partial charge in [-0.05, 0) is 55.5 Å². The molecule has 0 aliphatic heterocycles. The summed E-state index contributed by atoms with van der Waals surface area (Å²) in [6.45, 7) is 0. The number of hydrogen-bond acceptors (Lipinski definition) is 0. The molecule has 1 aromatic carbocycles. The van der Waals surface area contributed by atoms with Gasteiger partial charge in [0.2, 0.25) is 0 Å². The van der Waals surface area contributed by atoms with Gasteiger partial charge in [0, 0.05) is 0 Å². The molecule has 1 aromatic rings. The van der Waals surface area contributed by atoms with Crippen molar-refractivity contribution in [1.82, 2.24) is 0 Å². The summed E-state index contributed by atoms with van der Waals surface area (Å²) in [7, 11) is 0.385. The molecular formula is C25H39PRu. The molecule has 0 heterocycles. The molecular weight excluding hydrogens is 432 g/mol. The van der Waals surface area contributed by atoms with Crippen LogP contribution >= 0.6 is 7.92 Å². The van der Waals surface area contributed by atoms with Crippen LogP contribution in [0.3, 0.4) is 0 Å². The standard InChI is InChI=1S/C18H33P.C7H6.Ru/c1-4-10-16(11-5-1)19(17-12-6-2-7-13-17)18-14-8-3-9-15-18;1-7-5-3-2-4-6-7;/h16-18H,1-15H2;1-6H;. The molecule has 27 heavy (non-hydrogen) atoms.